The first-order valence-electron chi connectivity index (χ1n) is 8.47. The van der Waals surface area contributed by atoms with Crippen LogP contribution in [0.4, 0.5) is 0 Å². The molecule has 0 bridgehead atoms. The van der Waals surface area contributed by atoms with E-state index in [9.17, 15) is 4.79 Å². The first-order chi connectivity index (χ1) is 11.7. The summed E-state index contributed by atoms with van der Waals surface area (Å²) in [5.74, 6) is 0.662. The van der Waals surface area contributed by atoms with Crippen LogP contribution in [0, 0.1) is 0 Å². The van der Waals surface area contributed by atoms with Crippen molar-refractivity contribution >= 4 is 17.2 Å². The number of nitrogens with one attached hydrogen (secondary N) is 1. The van der Waals surface area contributed by atoms with Crippen molar-refractivity contribution in [1.29, 1.82) is 0 Å². The Hall–Kier alpha value is -1.70. The van der Waals surface area contributed by atoms with Gasteiger partial charge in [0.25, 0.3) is 5.91 Å². The zero-order chi connectivity index (χ0) is 16.5. The summed E-state index contributed by atoms with van der Waals surface area (Å²) in [6.45, 7) is 5.84. The van der Waals surface area contributed by atoms with E-state index in [-0.39, 0.29) is 5.91 Å². The molecule has 0 radical (unpaired) electrons. The lowest BCUT2D eigenvalue weighted by atomic mass is 9.95. The predicted molar refractivity (Wildman–Crippen MR) is 93.5 cm³/mol. The van der Waals surface area contributed by atoms with Gasteiger partial charge in [-0.25, -0.2) is 0 Å². The fraction of sp³-hybridized carbons (Fsp3) is 0.529. The molecule has 0 unspecified atom stereocenters. The van der Waals surface area contributed by atoms with Crippen LogP contribution in [0.15, 0.2) is 16.0 Å². The van der Waals surface area contributed by atoms with Gasteiger partial charge < -0.3 is 14.7 Å². The molecular weight excluding hydrogens is 324 g/mol. The van der Waals surface area contributed by atoms with Gasteiger partial charge >= 0.3 is 0 Å². The summed E-state index contributed by atoms with van der Waals surface area (Å²) in [6, 6.07) is 2.05. The molecule has 1 fully saturated rings. The number of aromatic nitrogens is 1. The molecule has 24 heavy (non-hydrogen) atoms. The number of amides is 1. The highest BCUT2D eigenvalue weighted by molar-refractivity contribution is 7.10. The van der Waals surface area contributed by atoms with E-state index >= 15 is 0 Å². The van der Waals surface area contributed by atoms with E-state index < -0.39 is 0 Å². The topological polar surface area (TPSA) is 61.6 Å². The number of hydrogen-bond donors (Lipinski definition) is 1. The van der Waals surface area contributed by atoms with Gasteiger partial charge in [0.2, 0.25) is 0 Å². The third-order valence-electron chi connectivity index (χ3n) is 4.90. The SMILES string of the molecule is CN1CCN(CCNC(=O)c2noc3c2CCc2sccc2-3)CC1. The molecule has 1 amide bonds. The van der Waals surface area contributed by atoms with E-state index in [0.717, 1.165) is 62.5 Å². The maximum atomic E-state index is 12.5. The summed E-state index contributed by atoms with van der Waals surface area (Å²) in [6.07, 6.45) is 1.79. The van der Waals surface area contributed by atoms with Crippen molar-refractivity contribution < 1.29 is 9.32 Å². The molecular formula is C17H22N4O2S. The van der Waals surface area contributed by atoms with E-state index in [2.05, 4.69) is 38.8 Å². The van der Waals surface area contributed by atoms with Gasteiger partial charge in [-0.3, -0.25) is 9.69 Å². The van der Waals surface area contributed by atoms with Crippen LogP contribution in [0.3, 0.4) is 0 Å². The minimum Gasteiger partial charge on any atom is -0.355 e. The summed E-state index contributed by atoms with van der Waals surface area (Å²) in [5.41, 5.74) is 2.52. The molecule has 6 nitrogen and oxygen atoms in total. The Labute approximate surface area is 145 Å². The Morgan fingerprint density at radius 3 is 3.00 bits per heavy atom. The van der Waals surface area contributed by atoms with Crippen molar-refractivity contribution in [2.24, 2.45) is 0 Å². The number of rotatable bonds is 4. The van der Waals surface area contributed by atoms with Crippen LogP contribution in [0.5, 0.6) is 0 Å². The monoisotopic (exact) mass is 346 g/mol. The molecule has 128 valence electrons. The average molecular weight is 346 g/mol. The van der Waals surface area contributed by atoms with E-state index in [1.54, 1.807) is 11.3 Å². The van der Waals surface area contributed by atoms with Gasteiger partial charge in [0.1, 0.15) is 0 Å². The predicted octanol–water partition coefficient (Wildman–Crippen LogP) is 1.48. The summed E-state index contributed by atoms with van der Waals surface area (Å²) in [4.78, 5) is 18.5. The lowest BCUT2D eigenvalue weighted by molar-refractivity contribution is 0.0931. The van der Waals surface area contributed by atoms with Crippen molar-refractivity contribution in [2.45, 2.75) is 12.8 Å². The quantitative estimate of drug-likeness (QED) is 0.909. The lowest BCUT2D eigenvalue weighted by Crippen LogP contribution is -2.47. The lowest BCUT2D eigenvalue weighted by Gasteiger charge is -2.32. The van der Waals surface area contributed by atoms with Gasteiger partial charge in [0.15, 0.2) is 11.5 Å². The normalized spacial score (nSPS) is 18.2. The minimum absolute atomic E-state index is 0.118. The van der Waals surface area contributed by atoms with Crippen molar-refractivity contribution in [2.75, 3.05) is 46.3 Å². The summed E-state index contributed by atoms with van der Waals surface area (Å²) >= 11 is 1.74. The molecule has 2 aromatic heterocycles. The number of carbonyl (C=O) groups is 1. The Morgan fingerprint density at radius 1 is 1.33 bits per heavy atom. The molecule has 1 aliphatic carbocycles. The van der Waals surface area contributed by atoms with Crippen LogP contribution < -0.4 is 5.32 Å². The summed E-state index contributed by atoms with van der Waals surface area (Å²) in [5, 5.41) is 9.11. The third kappa shape index (κ3) is 2.99. The molecule has 7 heteroatoms. The van der Waals surface area contributed by atoms with Crippen molar-refractivity contribution in [1.82, 2.24) is 20.3 Å². The molecule has 3 heterocycles. The standard InChI is InChI=1S/C17H22N4O2S/c1-20-7-9-21(10-8-20)6-5-18-17(22)15-13-2-3-14-12(4-11-24-14)16(13)23-19-15/h4,11H,2-3,5-10H2,1H3,(H,18,22). The van der Waals surface area contributed by atoms with E-state index in [4.69, 9.17) is 4.52 Å². The minimum atomic E-state index is -0.118. The molecule has 1 saturated heterocycles. The van der Waals surface area contributed by atoms with Crippen molar-refractivity contribution in [3.8, 4) is 11.3 Å². The maximum Gasteiger partial charge on any atom is 0.273 e. The fourth-order valence-electron chi connectivity index (χ4n) is 3.39. The van der Waals surface area contributed by atoms with Crippen LogP contribution in [0.2, 0.25) is 0 Å². The second-order valence-electron chi connectivity index (χ2n) is 6.50. The molecule has 2 aliphatic rings. The van der Waals surface area contributed by atoms with E-state index in [0.29, 0.717) is 12.2 Å². The Balaban J connectivity index is 1.36. The molecule has 0 atom stereocenters. The Bertz CT molecular complexity index is 731. The molecule has 0 spiro atoms. The second kappa shape index (κ2) is 6.66. The number of nitrogens with zero attached hydrogens (tertiary/aromatic N) is 3. The van der Waals surface area contributed by atoms with Gasteiger partial charge in [0.05, 0.1) is 0 Å². The van der Waals surface area contributed by atoms with Crippen LogP contribution in [0.1, 0.15) is 20.9 Å². The highest BCUT2D eigenvalue weighted by Crippen LogP contribution is 2.37. The second-order valence-corrected chi connectivity index (χ2v) is 7.50. The Morgan fingerprint density at radius 2 is 2.17 bits per heavy atom. The molecule has 0 saturated carbocycles. The largest absolute Gasteiger partial charge is 0.355 e. The van der Waals surface area contributed by atoms with E-state index in [1.807, 2.05) is 0 Å². The highest BCUT2D eigenvalue weighted by Gasteiger charge is 2.28. The van der Waals surface area contributed by atoms with Gasteiger partial charge in [0, 0.05) is 55.3 Å². The molecule has 1 aliphatic heterocycles. The number of fused-ring (bicyclic) bond motifs is 3. The number of aryl methyl sites for hydroxylation is 1. The van der Waals surface area contributed by atoms with Gasteiger partial charge in [-0.1, -0.05) is 5.16 Å². The van der Waals surface area contributed by atoms with Crippen molar-refractivity contribution in [3.05, 3.63) is 27.6 Å². The van der Waals surface area contributed by atoms with Crippen LogP contribution in [0.25, 0.3) is 11.3 Å². The molecule has 2 aromatic rings. The Kier molecular flexibility index (Phi) is 4.39. The summed E-state index contributed by atoms with van der Waals surface area (Å²) < 4.78 is 5.48. The molecule has 4 rings (SSSR count). The van der Waals surface area contributed by atoms with Crippen LogP contribution in [-0.2, 0) is 12.8 Å². The van der Waals surface area contributed by atoms with E-state index in [1.165, 1.54) is 4.88 Å². The molecule has 1 N–H and O–H groups in total. The van der Waals surface area contributed by atoms with Gasteiger partial charge in [-0.15, -0.1) is 11.3 Å². The number of thiophene rings is 1. The third-order valence-corrected chi connectivity index (χ3v) is 5.89. The van der Waals surface area contributed by atoms with Gasteiger partial charge in [-0.2, -0.15) is 0 Å². The first-order valence-corrected chi connectivity index (χ1v) is 9.34. The highest BCUT2D eigenvalue weighted by atomic mass is 32.1. The smallest absolute Gasteiger partial charge is 0.273 e. The van der Waals surface area contributed by atoms with Gasteiger partial charge in [-0.05, 0) is 31.3 Å². The number of piperazine rings is 1. The fourth-order valence-corrected chi connectivity index (χ4v) is 4.27. The number of hydrogen-bond acceptors (Lipinski definition) is 6. The maximum absolute atomic E-state index is 12.5. The van der Waals surface area contributed by atoms with Crippen molar-refractivity contribution in [3.63, 3.8) is 0 Å². The zero-order valence-electron chi connectivity index (χ0n) is 13.9. The van der Waals surface area contributed by atoms with Crippen LogP contribution in [-0.4, -0.2) is 67.2 Å². The molecule has 0 aromatic carbocycles. The number of likely N-dealkylation sites (N-methyl/N-ethyl adjacent to an activating group) is 1. The summed E-state index contributed by atoms with van der Waals surface area (Å²) in [7, 11) is 2.14. The number of carbonyl (C=O) groups excluding carboxylic acids is 1. The zero-order valence-corrected chi connectivity index (χ0v) is 14.7. The first kappa shape index (κ1) is 15.8. The average Bonchev–Trinajstić information content (AvgIpc) is 3.22. The van der Waals surface area contributed by atoms with Crippen LogP contribution >= 0.6 is 11.3 Å².